The fourth-order valence-corrected chi connectivity index (χ4v) is 3.30. The summed E-state index contributed by atoms with van der Waals surface area (Å²) >= 11 is 5.85. The summed E-state index contributed by atoms with van der Waals surface area (Å²) in [5.41, 5.74) is 6.31. The minimum Gasteiger partial charge on any atom is -0.457 e. The second kappa shape index (κ2) is 7.84. The van der Waals surface area contributed by atoms with Crippen LogP contribution in [0.25, 0.3) is 23.5 Å². The van der Waals surface area contributed by atoms with Crippen molar-refractivity contribution >= 4 is 41.3 Å². The number of hydrazine groups is 1. The molecule has 4 rings (SSSR count). The number of benzene rings is 2. The van der Waals surface area contributed by atoms with Gasteiger partial charge in [-0.2, -0.15) is 0 Å². The van der Waals surface area contributed by atoms with Crippen molar-refractivity contribution in [2.24, 2.45) is 0 Å². The lowest BCUT2D eigenvalue weighted by Crippen LogP contribution is -2.28. The lowest BCUT2D eigenvalue weighted by Gasteiger charge is -2.05. The molecule has 2 N–H and O–H groups in total. The van der Waals surface area contributed by atoms with Gasteiger partial charge in [0.25, 0.3) is 17.5 Å². The third-order valence-electron chi connectivity index (χ3n) is 4.57. The molecular weight excluding hydrogens is 410 g/mol. The predicted molar refractivity (Wildman–Crippen MR) is 110 cm³/mol. The molecule has 0 spiro atoms. The largest absolute Gasteiger partial charge is 0.457 e. The zero-order valence-corrected chi connectivity index (χ0v) is 16.1. The number of nitrogens with zero attached hydrogens (tertiary/aromatic N) is 1. The summed E-state index contributed by atoms with van der Waals surface area (Å²) in [7, 11) is 0. The van der Waals surface area contributed by atoms with Gasteiger partial charge in [-0.1, -0.05) is 41.9 Å². The number of nitro groups is 1. The number of carbonyl (C=O) groups excluding carboxylic acids is 2. The van der Waals surface area contributed by atoms with Gasteiger partial charge in [0.2, 0.25) is 0 Å². The first-order valence-electron chi connectivity index (χ1n) is 8.84. The molecule has 2 amide bonds. The van der Waals surface area contributed by atoms with Gasteiger partial charge >= 0.3 is 0 Å². The Hall–Kier alpha value is -3.91. The van der Waals surface area contributed by atoms with Crippen LogP contribution in [0.2, 0.25) is 5.02 Å². The van der Waals surface area contributed by atoms with E-state index >= 15 is 0 Å². The summed E-state index contributed by atoms with van der Waals surface area (Å²) in [6, 6.07) is 14.9. The van der Waals surface area contributed by atoms with E-state index in [1.807, 2.05) is 6.07 Å². The molecule has 8 nitrogen and oxygen atoms in total. The van der Waals surface area contributed by atoms with Gasteiger partial charge in [0, 0.05) is 11.6 Å². The first kappa shape index (κ1) is 19.4. The molecule has 2 heterocycles. The van der Waals surface area contributed by atoms with Crippen molar-refractivity contribution in [3.63, 3.8) is 0 Å². The highest BCUT2D eigenvalue weighted by atomic mass is 35.5. The van der Waals surface area contributed by atoms with Gasteiger partial charge in [-0.05, 0) is 41.5 Å². The molecule has 0 bridgehead atoms. The Labute approximate surface area is 175 Å². The third kappa shape index (κ3) is 3.81. The molecule has 0 radical (unpaired) electrons. The highest BCUT2D eigenvalue weighted by Crippen LogP contribution is 2.31. The normalized spacial score (nSPS) is 14.2. The maximum Gasteiger partial charge on any atom is 0.288 e. The Balaban J connectivity index is 1.55. The molecule has 1 aliphatic heterocycles. The molecule has 0 saturated carbocycles. The van der Waals surface area contributed by atoms with Crippen molar-refractivity contribution in [2.75, 3.05) is 0 Å². The van der Waals surface area contributed by atoms with Gasteiger partial charge in [-0.3, -0.25) is 30.6 Å². The van der Waals surface area contributed by atoms with Crippen LogP contribution in [0.4, 0.5) is 5.69 Å². The van der Waals surface area contributed by atoms with Crippen LogP contribution in [0.15, 0.2) is 59.0 Å². The molecular formula is C21H14ClN3O5. The minimum absolute atomic E-state index is 0.0555. The fraction of sp³-hybridized carbons (Fsp3) is 0.0476. The van der Waals surface area contributed by atoms with Crippen molar-refractivity contribution in [3.8, 4) is 11.3 Å². The second-order valence-electron chi connectivity index (χ2n) is 6.54. The van der Waals surface area contributed by atoms with E-state index in [1.54, 1.807) is 48.6 Å². The zero-order valence-electron chi connectivity index (χ0n) is 15.3. The maximum atomic E-state index is 11.8. The smallest absolute Gasteiger partial charge is 0.288 e. The number of amides is 2. The summed E-state index contributed by atoms with van der Waals surface area (Å²) in [4.78, 5) is 34.2. The van der Waals surface area contributed by atoms with E-state index in [-0.39, 0.29) is 10.7 Å². The topological polar surface area (TPSA) is 114 Å². The van der Waals surface area contributed by atoms with Gasteiger partial charge < -0.3 is 4.42 Å². The standard InChI is InChI=1S/C21H14ClN3O5/c22-16-8-5-13(11-17(16)25(28)29)18-9-7-15(30-18)6-4-12-2-1-3-14(10-12)19-20(26)23-24-21(19)27/h1-11,19H,(H,23,26)(H,24,27)/b6-4-. The second-order valence-corrected chi connectivity index (χ2v) is 6.95. The molecule has 150 valence electrons. The number of nitrogens with one attached hydrogen (secondary N) is 2. The lowest BCUT2D eigenvalue weighted by molar-refractivity contribution is -0.384. The molecule has 1 aliphatic rings. The van der Waals surface area contributed by atoms with E-state index < -0.39 is 22.7 Å². The number of furan rings is 1. The summed E-state index contributed by atoms with van der Waals surface area (Å²) in [6.45, 7) is 0. The summed E-state index contributed by atoms with van der Waals surface area (Å²) < 4.78 is 5.75. The highest BCUT2D eigenvalue weighted by Gasteiger charge is 2.34. The Bertz CT molecular complexity index is 1180. The van der Waals surface area contributed by atoms with Crippen molar-refractivity contribution in [1.82, 2.24) is 10.9 Å². The van der Waals surface area contributed by atoms with Gasteiger partial charge in [-0.15, -0.1) is 0 Å². The average molecular weight is 424 g/mol. The maximum absolute atomic E-state index is 11.8. The molecule has 9 heteroatoms. The molecule has 1 saturated heterocycles. The average Bonchev–Trinajstić information content (AvgIpc) is 3.33. The summed E-state index contributed by atoms with van der Waals surface area (Å²) in [5, 5.41) is 11.1. The van der Waals surface area contributed by atoms with E-state index in [9.17, 15) is 19.7 Å². The van der Waals surface area contributed by atoms with Gasteiger partial charge in [-0.25, -0.2) is 0 Å². The van der Waals surface area contributed by atoms with E-state index in [4.69, 9.17) is 16.0 Å². The van der Waals surface area contributed by atoms with Gasteiger partial charge in [0.1, 0.15) is 22.5 Å². The third-order valence-corrected chi connectivity index (χ3v) is 4.89. The first-order chi connectivity index (χ1) is 14.4. The summed E-state index contributed by atoms with van der Waals surface area (Å²) in [6.07, 6.45) is 3.50. The molecule has 1 fully saturated rings. The molecule has 2 aromatic carbocycles. The molecule has 0 aliphatic carbocycles. The molecule has 0 unspecified atom stereocenters. The summed E-state index contributed by atoms with van der Waals surface area (Å²) in [5.74, 6) is -0.677. The number of hydrogen-bond donors (Lipinski definition) is 2. The van der Waals surface area contributed by atoms with Crippen LogP contribution < -0.4 is 10.9 Å². The number of hydrogen-bond acceptors (Lipinski definition) is 5. The van der Waals surface area contributed by atoms with Crippen molar-refractivity contribution in [3.05, 3.63) is 86.6 Å². The van der Waals surface area contributed by atoms with E-state index in [2.05, 4.69) is 10.9 Å². The molecule has 0 atom stereocenters. The SMILES string of the molecule is O=C1NNC(=O)C1c1cccc(/C=C\c2ccc(-c3ccc(Cl)c([N+](=O)[O-])c3)o2)c1. The van der Waals surface area contributed by atoms with Crippen molar-refractivity contribution < 1.29 is 18.9 Å². The van der Waals surface area contributed by atoms with E-state index in [0.717, 1.165) is 5.56 Å². The van der Waals surface area contributed by atoms with Gasteiger partial charge in [0.05, 0.1) is 4.92 Å². The quantitative estimate of drug-likeness (QED) is 0.366. The number of carbonyl (C=O) groups is 2. The van der Waals surface area contributed by atoms with E-state index in [0.29, 0.717) is 22.6 Å². The number of nitro benzene ring substituents is 1. The van der Waals surface area contributed by atoms with Crippen LogP contribution >= 0.6 is 11.6 Å². The van der Waals surface area contributed by atoms with Crippen LogP contribution in [0, 0.1) is 10.1 Å². The molecule has 1 aromatic heterocycles. The Kier molecular flexibility index (Phi) is 5.07. The molecule has 3 aromatic rings. The van der Waals surface area contributed by atoms with Gasteiger partial charge in [0.15, 0.2) is 0 Å². The monoisotopic (exact) mass is 423 g/mol. The van der Waals surface area contributed by atoms with Crippen molar-refractivity contribution in [1.29, 1.82) is 0 Å². The van der Waals surface area contributed by atoms with Crippen LogP contribution in [0.5, 0.6) is 0 Å². The van der Waals surface area contributed by atoms with Crippen LogP contribution in [-0.4, -0.2) is 16.7 Å². The molecule has 30 heavy (non-hydrogen) atoms. The van der Waals surface area contributed by atoms with Crippen LogP contribution in [0.3, 0.4) is 0 Å². The van der Waals surface area contributed by atoms with Crippen LogP contribution in [0.1, 0.15) is 22.8 Å². The number of halogens is 1. The minimum atomic E-state index is -0.880. The van der Waals surface area contributed by atoms with Crippen LogP contribution in [-0.2, 0) is 9.59 Å². The Morgan fingerprint density at radius 1 is 1.00 bits per heavy atom. The lowest BCUT2D eigenvalue weighted by atomic mass is 9.97. The van der Waals surface area contributed by atoms with Crippen molar-refractivity contribution in [2.45, 2.75) is 5.92 Å². The fourth-order valence-electron chi connectivity index (χ4n) is 3.11. The van der Waals surface area contributed by atoms with E-state index in [1.165, 1.54) is 12.1 Å². The highest BCUT2D eigenvalue weighted by molar-refractivity contribution is 6.32. The Morgan fingerprint density at radius 3 is 2.50 bits per heavy atom. The predicted octanol–water partition coefficient (Wildman–Crippen LogP) is 3.92. The number of rotatable bonds is 5. The first-order valence-corrected chi connectivity index (χ1v) is 9.22. The zero-order chi connectivity index (χ0) is 21.3. The Morgan fingerprint density at radius 2 is 1.77 bits per heavy atom.